The molecule has 1 atom stereocenters. The molecule has 0 fully saturated rings. The Morgan fingerprint density at radius 1 is 1.50 bits per heavy atom. The Labute approximate surface area is 119 Å². The van der Waals surface area contributed by atoms with Crippen LogP contribution in [0.25, 0.3) is 0 Å². The zero-order chi connectivity index (χ0) is 14.7. The number of nitro groups is 1. The number of hydrogen-bond donors (Lipinski definition) is 0. The normalized spacial score (nSPS) is 17.8. The highest BCUT2D eigenvalue weighted by Crippen LogP contribution is 2.27. The standard InChI is InChI=1S/C13H11ClN2O4/c14-6-10-5-9(8-17)7-15(10)13(18)11-3-1-2-4-12(11)16(19)20/h1-4,7-8,10H,5-6H2/t10-/m0/s1. The van der Waals surface area contributed by atoms with Crippen molar-refractivity contribution in [2.45, 2.75) is 12.5 Å². The van der Waals surface area contributed by atoms with Gasteiger partial charge in [0, 0.05) is 23.7 Å². The largest absolute Gasteiger partial charge is 0.310 e. The van der Waals surface area contributed by atoms with E-state index in [1.165, 1.54) is 29.3 Å². The van der Waals surface area contributed by atoms with Gasteiger partial charge in [-0.15, -0.1) is 11.6 Å². The van der Waals surface area contributed by atoms with Gasteiger partial charge in [0.15, 0.2) is 0 Å². The van der Waals surface area contributed by atoms with Crippen LogP contribution in [0.2, 0.25) is 0 Å². The number of nitrogens with zero attached hydrogens (tertiary/aromatic N) is 2. The zero-order valence-corrected chi connectivity index (χ0v) is 11.1. The maximum absolute atomic E-state index is 12.4. The Morgan fingerprint density at radius 2 is 2.20 bits per heavy atom. The van der Waals surface area contributed by atoms with E-state index in [0.717, 1.165) is 0 Å². The summed E-state index contributed by atoms with van der Waals surface area (Å²) in [6.07, 6.45) is 2.42. The first-order valence-electron chi connectivity index (χ1n) is 5.86. The summed E-state index contributed by atoms with van der Waals surface area (Å²) in [7, 11) is 0. The van der Waals surface area contributed by atoms with E-state index in [1.807, 2.05) is 0 Å². The lowest BCUT2D eigenvalue weighted by atomic mass is 10.1. The monoisotopic (exact) mass is 294 g/mol. The summed E-state index contributed by atoms with van der Waals surface area (Å²) in [5, 5.41) is 10.9. The second-order valence-corrected chi connectivity index (χ2v) is 4.63. The van der Waals surface area contributed by atoms with Gasteiger partial charge in [-0.1, -0.05) is 12.1 Å². The van der Waals surface area contributed by atoms with Gasteiger partial charge in [0.25, 0.3) is 11.6 Å². The van der Waals surface area contributed by atoms with E-state index in [0.29, 0.717) is 18.3 Å². The maximum Gasteiger partial charge on any atom is 0.282 e. The van der Waals surface area contributed by atoms with Crippen molar-refractivity contribution in [2.75, 3.05) is 5.88 Å². The Morgan fingerprint density at radius 3 is 2.80 bits per heavy atom. The number of carbonyl (C=O) groups excluding carboxylic acids is 2. The molecule has 1 aromatic carbocycles. The first-order chi connectivity index (χ1) is 9.58. The smallest absolute Gasteiger partial charge is 0.282 e. The first kappa shape index (κ1) is 14.2. The number of rotatable bonds is 4. The lowest BCUT2D eigenvalue weighted by Crippen LogP contribution is -2.34. The third-order valence-corrected chi connectivity index (χ3v) is 3.42. The van der Waals surface area contributed by atoms with Crippen molar-refractivity contribution in [1.29, 1.82) is 0 Å². The maximum atomic E-state index is 12.4. The second kappa shape index (κ2) is 5.83. The van der Waals surface area contributed by atoms with Crippen LogP contribution in [0.4, 0.5) is 5.69 Å². The molecule has 0 spiro atoms. The summed E-state index contributed by atoms with van der Waals surface area (Å²) < 4.78 is 0. The fraction of sp³-hybridized carbons (Fsp3) is 0.231. The summed E-state index contributed by atoms with van der Waals surface area (Å²) in [6.45, 7) is 0. The predicted molar refractivity (Wildman–Crippen MR) is 72.5 cm³/mol. The highest BCUT2D eigenvalue weighted by molar-refractivity contribution is 6.18. The Kier molecular flexibility index (Phi) is 4.14. The molecule has 1 heterocycles. The summed E-state index contributed by atoms with van der Waals surface area (Å²) in [4.78, 5) is 34.8. The minimum atomic E-state index is -0.608. The third-order valence-electron chi connectivity index (χ3n) is 3.06. The Hall–Kier alpha value is -2.21. The summed E-state index contributed by atoms with van der Waals surface area (Å²) in [5.74, 6) is -0.375. The van der Waals surface area contributed by atoms with Crippen molar-refractivity contribution in [3.05, 3.63) is 51.7 Å². The van der Waals surface area contributed by atoms with Crippen LogP contribution < -0.4 is 0 Å². The molecule has 1 aromatic rings. The van der Waals surface area contributed by atoms with Crippen LogP contribution in [-0.4, -0.2) is 33.9 Å². The molecule has 1 aliphatic rings. The highest BCUT2D eigenvalue weighted by Gasteiger charge is 2.32. The fourth-order valence-electron chi connectivity index (χ4n) is 2.09. The molecule has 0 aliphatic carbocycles. The molecule has 2 rings (SSSR count). The molecular weight excluding hydrogens is 284 g/mol. The fourth-order valence-corrected chi connectivity index (χ4v) is 2.35. The van der Waals surface area contributed by atoms with Crippen LogP contribution >= 0.6 is 11.6 Å². The Bertz CT molecular complexity index is 600. The van der Waals surface area contributed by atoms with Gasteiger partial charge in [0.1, 0.15) is 11.8 Å². The molecule has 0 aromatic heterocycles. The highest BCUT2D eigenvalue weighted by atomic mass is 35.5. The van der Waals surface area contributed by atoms with Crippen LogP contribution in [0.15, 0.2) is 36.0 Å². The minimum Gasteiger partial charge on any atom is -0.310 e. The zero-order valence-electron chi connectivity index (χ0n) is 10.4. The first-order valence-corrected chi connectivity index (χ1v) is 6.40. The lowest BCUT2D eigenvalue weighted by molar-refractivity contribution is -0.385. The van der Waals surface area contributed by atoms with E-state index >= 15 is 0 Å². The molecule has 0 N–H and O–H groups in total. The van der Waals surface area contributed by atoms with Crippen molar-refractivity contribution in [1.82, 2.24) is 4.90 Å². The van der Waals surface area contributed by atoms with Crippen molar-refractivity contribution < 1.29 is 14.5 Å². The van der Waals surface area contributed by atoms with Crippen LogP contribution in [0, 0.1) is 10.1 Å². The summed E-state index contributed by atoms with van der Waals surface area (Å²) >= 11 is 5.78. The SMILES string of the molecule is O=CC1=CN(C(=O)c2ccccc2[N+](=O)[O-])[C@H](CCl)C1. The number of para-hydroxylation sites is 1. The van der Waals surface area contributed by atoms with Gasteiger partial charge in [-0.05, 0) is 12.5 Å². The van der Waals surface area contributed by atoms with Crippen LogP contribution in [-0.2, 0) is 4.79 Å². The Balaban J connectivity index is 2.38. The average molecular weight is 295 g/mol. The van der Waals surface area contributed by atoms with E-state index in [2.05, 4.69) is 0 Å². The number of halogens is 1. The van der Waals surface area contributed by atoms with Gasteiger partial charge < -0.3 is 4.90 Å². The van der Waals surface area contributed by atoms with Crippen molar-refractivity contribution in [3.8, 4) is 0 Å². The van der Waals surface area contributed by atoms with E-state index in [9.17, 15) is 19.7 Å². The summed E-state index contributed by atoms with van der Waals surface area (Å²) in [6, 6.07) is 5.34. The molecule has 20 heavy (non-hydrogen) atoms. The van der Waals surface area contributed by atoms with Crippen LogP contribution in [0.3, 0.4) is 0 Å². The average Bonchev–Trinajstić information content (AvgIpc) is 2.89. The molecule has 104 valence electrons. The van der Waals surface area contributed by atoms with Gasteiger partial charge in [0.2, 0.25) is 0 Å². The molecule has 1 amide bonds. The molecule has 6 nitrogen and oxygen atoms in total. The molecule has 0 bridgehead atoms. The van der Waals surface area contributed by atoms with Gasteiger partial charge in [-0.2, -0.15) is 0 Å². The van der Waals surface area contributed by atoms with Gasteiger partial charge in [0.05, 0.1) is 11.0 Å². The van der Waals surface area contributed by atoms with Gasteiger partial charge in [-0.3, -0.25) is 19.7 Å². The molecule has 0 unspecified atom stereocenters. The number of benzene rings is 1. The topological polar surface area (TPSA) is 80.5 Å². The van der Waals surface area contributed by atoms with Crippen molar-refractivity contribution in [3.63, 3.8) is 0 Å². The van der Waals surface area contributed by atoms with E-state index < -0.39 is 10.8 Å². The number of hydrogen-bond acceptors (Lipinski definition) is 4. The van der Waals surface area contributed by atoms with Gasteiger partial charge >= 0.3 is 0 Å². The third kappa shape index (κ3) is 2.55. The van der Waals surface area contributed by atoms with Crippen LogP contribution in [0.1, 0.15) is 16.8 Å². The van der Waals surface area contributed by atoms with Crippen molar-refractivity contribution >= 4 is 29.5 Å². The number of alkyl halides is 1. The number of nitro benzene ring substituents is 1. The van der Waals surface area contributed by atoms with Crippen LogP contribution in [0.5, 0.6) is 0 Å². The van der Waals surface area contributed by atoms with E-state index in [-0.39, 0.29) is 23.2 Å². The minimum absolute atomic E-state index is 0.0176. The molecule has 0 radical (unpaired) electrons. The number of aldehydes is 1. The number of amides is 1. The number of carbonyl (C=O) groups is 2. The lowest BCUT2D eigenvalue weighted by Gasteiger charge is -2.21. The predicted octanol–water partition coefficient (Wildman–Crippen LogP) is 2.13. The molecule has 0 saturated heterocycles. The van der Waals surface area contributed by atoms with E-state index in [1.54, 1.807) is 6.07 Å². The van der Waals surface area contributed by atoms with E-state index in [4.69, 9.17) is 11.6 Å². The summed E-state index contributed by atoms with van der Waals surface area (Å²) in [5.41, 5.74) is 0.164. The molecular formula is C13H11ClN2O4. The molecule has 1 aliphatic heterocycles. The second-order valence-electron chi connectivity index (χ2n) is 4.32. The quantitative estimate of drug-likeness (QED) is 0.369. The van der Waals surface area contributed by atoms with Crippen molar-refractivity contribution in [2.24, 2.45) is 0 Å². The molecule has 0 saturated carbocycles. The molecule has 7 heteroatoms. The van der Waals surface area contributed by atoms with Gasteiger partial charge in [-0.25, -0.2) is 0 Å².